The van der Waals surface area contributed by atoms with Crippen LogP contribution in [0.2, 0.25) is 0 Å². The number of carbonyl (C=O) groups is 1. The highest BCUT2D eigenvalue weighted by Gasteiger charge is 2.10. The lowest BCUT2D eigenvalue weighted by Gasteiger charge is -2.05. The second kappa shape index (κ2) is 4.87. The third-order valence-corrected chi connectivity index (χ3v) is 2.84. The van der Waals surface area contributed by atoms with Crippen LogP contribution in [0.4, 0.5) is 5.82 Å². The fourth-order valence-electron chi connectivity index (χ4n) is 1.74. The average molecular weight is 242 g/mol. The largest absolute Gasteiger partial charge is 0.478 e. The van der Waals surface area contributed by atoms with Gasteiger partial charge in [0.1, 0.15) is 11.4 Å². The van der Waals surface area contributed by atoms with Gasteiger partial charge in [-0.2, -0.15) is 0 Å². The summed E-state index contributed by atoms with van der Waals surface area (Å²) in [5.41, 5.74) is 8.48. The maximum atomic E-state index is 11.0. The smallest absolute Gasteiger partial charge is 0.339 e. The van der Waals surface area contributed by atoms with E-state index in [-0.39, 0.29) is 11.4 Å². The van der Waals surface area contributed by atoms with Crippen LogP contribution < -0.4 is 5.73 Å². The van der Waals surface area contributed by atoms with E-state index in [1.165, 1.54) is 5.56 Å². The van der Waals surface area contributed by atoms with Gasteiger partial charge in [-0.15, -0.1) is 0 Å². The first-order chi connectivity index (χ1) is 8.61. The molecule has 4 nitrogen and oxygen atoms in total. The standard InChI is InChI=1S/C14H14N2O2/c1-2-9-3-5-10(6-4-9)11-7-12(14(17)18)13(15)16-8-11/h3-8H,2H2,1H3,(H2,15,16)(H,17,18). The summed E-state index contributed by atoms with van der Waals surface area (Å²) in [5.74, 6) is -1.02. The van der Waals surface area contributed by atoms with Gasteiger partial charge in [-0.05, 0) is 23.6 Å². The molecule has 4 heteroatoms. The van der Waals surface area contributed by atoms with Crippen LogP contribution in [0.15, 0.2) is 36.5 Å². The van der Waals surface area contributed by atoms with Gasteiger partial charge in [0.15, 0.2) is 0 Å². The van der Waals surface area contributed by atoms with Gasteiger partial charge in [0.05, 0.1) is 0 Å². The molecule has 0 saturated carbocycles. The van der Waals surface area contributed by atoms with Gasteiger partial charge < -0.3 is 10.8 Å². The van der Waals surface area contributed by atoms with E-state index >= 15 is 0 Å². The van der Waals surface area contributed by atoms with Gasteiger partial charge >= 0.3 is 5.97 Å². The molecule has 18 heavy (non-hydrogen) atoms. The molecule has 0 aliphatic heterocycles. The van der Waals surface area contributed by atoms with Crippen molar-refractivity contribution in [3.63, 3.8) is 0 Å². The molecule has 0 aliphatic carbocycles. The number of rotatable bonds is 3. The molecule has 0 spiro atoms. The van der Waals surface area contributed by atoms with Gasteiger partial charge in [-0.1, -0.05) is 31.2 Å². The Bertz CT molecular complexity index is 577. The van der Waals surface area contributed by atoms with E-state index in [1.54, 1.807) is 12.3 Å². The van der Waals surface area contributed by atoms with E-state index in [0.29, 0.717) is 0 Å². The number of aromatic carboxylic acids is 1. The van der Waals surface area contributed by atoms with Crippen molar-refractivity contribution < 1.29 is 9.90 Å². The van der Waals surface area contributed by atoms with Crippen LogP contribution in [0.1, 0.15) is 22.8 Å². The zero-order chi connectivity index (χ0) is 13.1. The Morgan fingerprint density at radius 1 is 1.28 bits per heavy atom. The van der Waals surface area contributed by atoms with Gasteiger partial charge in [-0.3, -0.25) is 0 Å². The first-order valence-electron chi connectivity index (χ1n) is 5.70. The Morgan fingerprint density at radius 3 is 2.50 bits per heavy atom. The maximum Gasteiger partial charge on any atom is 0.339 e. The van der Waals surface area contributed by atoms with E-state index in [9.17, 15) is 4.79 Å². The first kappa shape index (κ1) is 12.1. The highest BCUT2D eigenvalue weighted by atomic mass is 16.4. The van der Waals surface area contributed by atoms with Crippen molar-refractivity contribution in [2.24, 2.45) is 0 Å². The molecule has 0 fully saturated rings. The van der Waals surface area contributed by atoms with Gasteiger partial charge in [-0.25, -0.2) is 9.78 Å². The molecule has 2 aromatic rings. The molecule has 0 amide bonds. The summed E-state index contributed by atoms with van der Waals surface area (Å²) in [6.45, 7) is 2.09. The number of nitrogens with zero attached hydrogens (tertiary/aromatic N) is 1. The van der Waals surface area contributed by atoms with Crippen LogP contribution in [0.3, 0.4) is 0 Å². The number of carboxylic acid groups (broad SMARTS) is 1. The number of benzene rings is 1. The average Bonchev–Trinajstić information content (AvgIpc) is 2.39. The van der Waals surface area contributed by atoms with Crippen molar-refractivity contribution in [2.45, 2.75) is 13.3 Å². The minimum absolute atomic E-state index is 0.0343. The van der Waals surface area contributed by atoms with Crippen molar-refractivity contribution in [3.05, 3.63) is 47.7 Å². The number of pyridine rings is 1. The number of aryl methyl sites for hydroxylation is 1. The zero-order valence-electron chi connectivity index (χ0n) is 10.1. The van der Waals surface area contributed by atoms with Gasteiger partial charge in [0, 0.05) is 11.8 Å². The molecular formula is C14H14N2O2. The summed E-state index contributed by atoms with van der Waals surface area (Å²) >= 11 is 0. The molecule has 0 saturated heterocycles. The highest BCUT2D eigenvalue weighted by molar-refractivity contribution is 5.94. The Labute approximate surface area is 105 Å². The Morgan fingerprint density at radius 2 is 1.94 bits per heavy atom. The number of anilines is 1. The third-order valence-electron chi connectivity index (χ3n) is 2.84. The second-order valence-electron chi connectivity index (χ2n) is 4.01. The fraction of sp³-hybridized carbons (Fsp3) is 0.143. The van der Waals surface area contributed by atoms with Crippen molar-refractivity contribution >= 4 is 11.8 Å². The van der Waals surface area contributed by atoms with E-state index < -0.39 is 5.97 Å². The van der Waals surface area contributed by atoms with E-state index in [0.717, 1.165) is 17.5 Å². The summed E-state index contributed by atoms with van der Waals surface area (Å²) in [7, 11) is 0. The molecule has 1 aromatic carbocycles. The van der Waals surface area contributed by atoms with Crippen molar-refractivity contribution in [1.82, 2.24) is 4.98 Å². The molecule has 0 atom stereocenters. The van der Waals surface area contributed by atoms with Crippen LogP contribution in [-0.4, -0.2) is 16.1 Å². The minimum Gasteiger partial charge on any atom is -0.478 e. The number of nitrogen functional groups attached to an aromatic ring is 1. The molecule has 0 bridgehead atoms. The quantitative estimate of drug-likeness (QED) is 0.867. The predicted molar refractivity (Wildman–Crippen MR) is 70.4 cm³/mol. The maximum absolute atomic E-state index is 11.0. The SMILES string of the molecule is CCc1ccc(-c2cnc(N)c(C(=O)O)c2)cc1. The minimum atomic E-state index is -1.06. The predicted octanol–water partition coefficient (Wildman–Crippen LogP) is 2.59. The number of nitrogens with two attached hydrogens (primary N) is 1. The number of aromatic nitrogens is 1. The van der Waals surface area contributed by atoms with Crippen molar-refractivity contribution in [1.29, 1.82) is 0 Å². The van der Waals surface area contributed by atoms with E-state index in [2.05, 4.69) is 11.9 Å². The van der Waals surface area contributed by atoms with Gasteiger partial charge in [0.2, 0.25) is 0 Å². The first-order valence-corrected chi connectivity index (χ1v) is 5.70. The second-order valence-corrected chi connectivity index (χ2v) is 4.01. The summed E-state index contributed by atoms with van der Waals surface area (Å²) in [6, 6.07) is 9.50. The lowest BCUT2D eigenvalue weighted by atomic mass is 10.0. The lowest BCUT2D eigenvalue weighted by Crippen LogP contribution is -2.04. The van der Waals surface area contributed by atoms with E-state index in [1.807, 2.05) is 24.3 Å². The molecule has 1 heterocycles. The van der Waals surface area contributed by atoms with Crippen LogP contribution in [0.5, 0.6) is 0 Å². The van der Waals surface area contributed by atoms with Crippen LogP contribution in [0, 0.1) is 0 Å². The summed E-state index contributed by atoms with van der Waals surface area (Å²) in [6.07, 6.45) is 2.56. The highest BCUT2D eigenvalue weighted by Crippen LogP contribution is 2.22. The molecule has 1 aromatic heterocycles. The van der Waals surface area contributed by atoms with Crippen LogP contribution in [0.25, 0.3) is 11.1 Å². The molecule has 0 aliphatic rings. The lowest BCUT2D eigenvalue weighted by molar-refractivity contribution is 0.0697. The zero-order valence-corrected chi connectivity index (χ0v) is 10.1. The fourth-order valence-corrected chi connectivity index (χ4v) is 1.74. The molecule has 2 rings (SSSR count). The topological polar surface area (TPSA) is 76.2 Å². The number of hydrogen-bond acceptors (Lipinski definition) is 3. The Kier molecular flexibility index (Phi) is 3.28. The van der Waals surface area contributed by atoms with Crippen molar-refractivity contribution in [2.75, 3.05) is 5.73 Å². The normalized spacial score (nSPS) is 10.3. The van der Waals surface area contributed by atoms with Crippen LogP contribution in [-0.2, 0) is 6.42 Å². The third kappa shape index (κ3) is 2.32. The number of carboxylic acids is 1. The molecule has 3 N–H and O–H groups in total. The van der Waals surface area contributed by atoms with Crippen LogP contribution >= 0.6 is 0 Å². The Hall–Kier alpha value is -2.36. The summed E-state index contributed by atoms with van der Waals surface area (Å²) < 4.78 is 0. The summed E-state index contributed by atoms with van der Waals surface area (Å²) in [4.78, 5) is 14.9. The van der Waals surface area contributed by atoms with Crippen molar-refractivity contribution in [3.8, 4) is 11.1 Å². The Balaban J connectivity index is 2.44. The van der Waals surface area contributed by atoms with Gasteiger partial charge in [0.25, 0.3) is 0 Å². The van der Waals surface area contributed by atoms with E-state index in [4.69, 9.17) is 10.8 Å². The molecule has 0 unspecified atom stereocenters. The molecule has 0 radical (unpaired) electrons. The molecular weight excluding hydrogens is 228 g/mol. The summed E-state index contributed by atoms with van der Waals surface area (Å²) in [5, 5.41) is 9.00. The number of hydrogen-bond donors (Lipinski definition) is 2. The monoisotopic (exact) mass is 242 g/mol. The molecule has 92 valence electrons.